The van der Waals surface area contributed by atoms with Crippen molar-refractivity contribution >= 4 is 0 Å². The Morgan fingerprint density at radius 2 is 2.11 bits per heavy atom. The predicted molar refractivity (Wildman–Crippen MR) is 77.8 cm³/mol. The van der Waals surface area contributed by atoms with Crippen LogP contribution in [0.3, 0.4) is 0 Å². The van der Waals surface area contributed by atoms with Crippen LogP contribution in [0.1, 0.15) is 32.3 Å². The minimum Gasteiger partial charge on any atom is -0.313 e. The molecule has 0 spiro atoms. The van der Waals surface area contributed by atoms with Crippen molar-refractivity contribution in [2.45, 2.75) is 45.2 Å². The second-order valence-electron chi connectivity index (χ2n) is 5.61. The lowest BCUT2D eigenvalue weighted by atomic mass is 10.1. The van der Waals surface area contributed by atoms with Gasteiger partial charge in [0.25, 0.3) is 0 Å². The quantitative estimate of drug-likeness (QED) is 0.850. The third-order valence-electron chi connectivity index (χ3n) is 3.97. The number of nitrogens with one attached hydrogen (secondary N) is 1. The van der Waals surface area contributed by atoms with E-state index in [9.17, 15) is 4.39 Å². The Labute approximate surface area is 116 Å². The highest BCUT2D eigenvalue weighted by atomic mass is 19.1. The summed E-state index contributed by atoms with van der Waals surface area (Å²) in [5.41, 5.74) is 1.22. The molecule has 0 amide bonds. The van der Waals surface area contributed by atoms with Gasteiger partial charge in [-0.15, -0.1) is 0 Å². The third-order valence-corrected chi connectivity index (χ3v) is 3.97. The van der Waals surface area contributed by atoms with E-state index >= 15 is 0 Å². The average molecular weight is 264 g/mol. The molecule has 2 unspecified atom stereocenters. The van der Waals surface area contributed by atoms with Crippen molar-refractivity contribution in [3.8, 4) is 0 Å². The van der Waals surface area contributed by atoms with E-state index in [1.165, 1.54) is 24.9 Å². The number of hydrogen-bond acceptors (Lipinski definition) is 2. The van der Waals surface area contributed by atoms with E-state index in [-0.39, 0.29) is 5.82 Å². The fraction of sp³-hybridized carbons (Fsp3) is 0.625. The Balaban J connectivity index is 1.80. The molecule has 0 aliphatic carbocycles. The summed E-state index contributed by atoms with van der Waals surface area (Å²) in [6.45, 7) is 7.90. The van der Waals surface area contributed by atoms with Gasteiger partial charge in [-0.2, -0.15) is 0 Å². The minimum atomic E-state index is -0.151. The Bertz CT molecular complexity index is 377. The fourth-order valence-corrected chi connectivity index (χ4v) is 2.79. The summed E-state index contributed by atoms with van der Waals surface area (Å²) in [5, 5.41) is 3.60. The van der Waals surface area contributed by atoms with Crippen LogP contribution >= 0.6 is 0 Å². The van der Waals surface area contributed by atoms with E-state index in [1.54, 1.807) is 12.1 Å². The lowest BCUT2D eigenvalue weighted by molar-refractivity contribution is 0.250. The highest BCUT2D eigenvalue weighted by Crippen LogP contribution is 2.16. The Hall–Kier alpha value is -0.930. The van der Waals surface area contributed by atoms with Gasteiger partial charge < -0.3 is 5.32 Å². The van der Waals surface area contributed by atoms with Crippen LogP contribution < -0.4 is 5.32 Å². The van der Waals surface area contributed by atoms with E-state index in [0.29, 0.717) is 12.1 Å². The number of likely N-dealkylation sites (tertiary alicyclic amines) is 1. The lowest BCUT2D eigenvalue weighted by Crippen LogP contribution is -2.37. The molecule has 2 nitrogen and oxygen atoms in total. The van der Waals surface area contributed by atoms with Crippen molar-refractivity contribution in [2.24, 2.45) is 0 Å². The molecule has 0 radical (unpaired) electrons. The first-order valence-corrected chi connectivity index (χ1v) is 7.41. The van der Waals surface area contributed by atoms with E-state index in [1.807, 2.05) is 12.1 Å². The van der Waals surface area contributed by atoms with E-state index in [2.05, 4.69) is 24.1 Å². The van der Waals surface area contributed by atoms with Crippen molar-refractivity contribution in [2.75, 3.05) is 19.6 Å². The molecule has 1 saturated heterocycles. The number of nitrogens with zero attached hydrogens (tertiary/aromatic N) is 1. The average Bonchev–Trinajstić information content (AvgIpc) is 2.88. The first-order valence-electron chi connectivity index (χ1n) is 7.41. The Morgan fingerprint density at radius 1 is 1.37 bits per heavy atom. The molecule has 1 aliphatic heterocycles. The van der Waals surface area contributed by atoms with E-state index in [4.69, 9.17) is 0 Å². The third kappa shape index (κ3) is 4.29. The smallest absolute Gasteiger partial charge is 0.123 e. The van der Waals surface area contributed by atoms with Gasteiger partial charge in [0.15, 0.2) is 0 Å². The maximum Gasteiger partial charge on any atom is 0.123 e. The zero-order valence-electron chi connectivity index (χ0n) is 12.0. The topological polar surface area (TPSA) is 15.3 Å². The number of benzene rings is 1. The highest BCUT2D eigenvalue weighted by Gasteiger charge is 2.25. The minimum absolute atomic E-state index is 0.151. The molecule has 2 atom stereocenters. The number of hydrogen-bond donors (Lipinski definition) is 1. The van der Waals surface area contributed by atoms with Crippen LogP contribution in [-0.2, 0) is 6.42 Å². The van der Waals surface area contributed by atoms with Crippen LogP contribution in [0.2, 0.25) is 0 Å². The molecule has 19 heavy (non-hydrogen) atoms. The molecule has 2 rings (SSSR count). The zero-order valence-corrected chi connectivity index (χ0v) is 12.0. The molecule has 1 heterocycles. The molecule has 0 aromatic heterocycles. The van der Waals surface area contributed by atoms with Crippen molar-refractivity contribution in [1.29, 1.82) is 0 Å². The molecule has 1 N–H and O–H groups in total. The molecule has 1 aliphatic rings. The van der Waals surface area contributed by atoms with Gasteiger partial charge in [0, 0.05) is 25.2 Å². The molecule has 1 aromatic rings. The summed E-state index contributed by atoms with van der Waals surface area (Å²) in [6.07, 6.45) is 3.44. The summed E-state index contributed by atoms with van der Waals surface area (Å²) < 4.78 is 12.9. The summed E-state index contributed by atoms with van der Waals surface area (Å²) in [5.74, 6) is -0.151. The second-order valence-corrected chi connectivity index (χ2v) is 5.61. The standard InChI is InChI=1S/C16H25FN2/c1-3-9-18-16-8-10-19(12-16)13(2)11-14-4-6-15(17)7-5-14/h4-7,13,16,18H,3,8-12H2,1-2H3. The van der Waals surface area contributed by atoms with Gasteiger partial charge in [-0.1, -0.05) is 19.1 Å². The van der Waals surface area contributed by atoms with Crippen LogP contribution in [0.4, 0.5) is 4.39 Å². The maximum absolute atomic E-state index is 12.9. The van der Waals surface area contributed by atoms with Crippen LogP contribution in [0.5, 0.6) is 0 Å². The summed E-state index contributed by atoms with van der Waals surface area (Å²) in [4.78, 5) is 2.54. The highest BCUT2D eigenvalue weighted by molar-refractivity contribution is 5.17. The molecule has 1 aromatic carbocycles. The largest absolute Gasteiger partial charge is 0.313 e. The normalized spacial score (nSPS) is 21.7. The summed E-state index contributed by atoms with van der Waals surface area (Å²) >= 11 is 0. The summed E-state index contributed by atoms with van der Waals surface area (Å²) in [6, 6.07) is 8.08. The van der Waals surface area contributed by atoms with Gasteiger partial charge in [-0.05, 0) is 50.4 Å². The molecule has 106 valence electrons. The second kappa shape index (κ2) is 7.01. The molecular weight excluding hydrogens is 239 g/mol. The SMILES string of the molecule is CCCNC1CCN(C(C)Cc2ccc(F)cc2)C1. The molecule has 1 fully saturated rings. The van der Waals surface area contributed by atoms with Crippen molar-refractivity contribution in [1.82, 2.24) is 10.2 Å². The van der Waals surface area contributed by atoms with Gasteiger partial charge in [-0.25, -0.2) is 4.39 Å². The molecule has 3 heteroatoms. The Morgan fingerprint density at radius 3 is 2.79 bits per heavy atom. The van der Waals surface area contributed by atoms with Gasteiger partial charge >= 0.3 is 0 Å². The summed E-state index contributed by atoms with van der Waals surface area (Å²) in [7, 11) is 0. The van der Waals surface area contributed by atoms with Crippen molar-refractivity contribution < 1.29 is 4.39 Å². The van der Waals surface area contributed by atoms with Gasteiger partial charge in [0.1, 0.15) is 5.82 Å². The number of halogens is 1. The van der Waals surface area contributed by atoms with Crippen LogP contribution in [-0.4, -0.2) is 36.6 Å². The van der Waals surface area contributed by atoms with E-state index < -0.39 is 0 Å². The predicted octanol–water partition coefficient (Wildman–Crippen LogP) is 2.83. The van der Waals surface area contributed by atoms with Crippen molar-refractivity contribution in [3.63, 3.8) is 0 Å². The van der Waals surface area contributed by atoms with Gasteiger partial charge in [-0.3, -0.25) is 4.90 Å². The van der Waals surface area contributed by atoms with Gasteiger partial charge in [0.05, 0.1) is 0 Å². The number of rotatable bonds is 6. The maximum atomic E-state index is 12.9. The van der Waals surface area contributed by atoms with Crippen molar-refractivity contribution in [3.05, 3.63) is 35.6 Å². The molecule has 0 bridgehead atoms. The van der Waals surface area contributed by atoms with Crippen LogP contribution in [0.15, 0.2) is 24.3 Å². The Kier molecular flexibility index (Phi) is 5.34. The zero-order chi connectivity index (χ0) is 13.7. The van der Waals surface area contributed by atoms with Gasteiger partial charge in [0.2, 0.25) is 0 Å². The van der Waals surface area contributed by atoms with E-state index in [0.717, 1.165) is 19.5 Å². The fourth-order valence-electron chi connectivity index (χ4n) is 2.79. The van der Waals surface area contributed by atoms with Crippen LogP contribution in [0, 0.1) is 5.82 Å². The van der Waals surface area contributed by atoms with Crippen LogP contribution in [0.25, 0.3) is 0 Å². The molecular formula is C16H25FN2. The monoisotopic (exact) mass is 264 g/mol. The first-order chi connectivity index (χ1) is 9.19. The lowest BCUT2D eigenvalue weighted by Gasteiger charge is -2.24. The molecule has 0 saturated carbocycles. The first kappa shape index (κ1) is 14.5.